The van der Waals surface area contributed by atoms with Crippen molar-refractivity contribution in [3.63, 3.8) is 0 Å². The molecule has 1 aliphatic heterocycles. The number of ether oxygens (including phenoxy) is 3. The molecule has 1 atom stereocenters. The Morgan fingerprint density at radius 2 is 1.94 bits per heavy atom. The Morgan fingerprint density at radius 3 is 2.68 bits per heavy atom. The van der Waals surface area contributed by atoms with Crippen molar-refractivity contribution in [2.45, 2.75) is 5.92 Å². The molecule has 0 saturated carbocycles. The van der Waals surface area contributed by atoms with Crippen LogP contribution in [-0.2, 0) is 4.79 Å². The lowest BCUT2D eigenvalue weighted by Gasteiger charge is -2.26. The molecule has 0 amide bonds. The molecule has 0 fully saturated rings. The van der Waals surface area contributed by atoms with Crippen LogP contribution in [0.4, 0.5) is 5.69 Å². The number of non-ortho nitro benzene ring substituents is 1. The molecule has 34 heavy (non-hydrogen) atoms. The predicted octanol–water partition coefficient (Wildman–Crippen LogP) is 4.45. The molecule has 170 valence electrons. The molecule has 1 unspecified atom stereocenters. The molecular weight excluding hydrogens is 462 g/mol. The summed E-state index contributed by atoms with van der Waals surface area (Å²) in [5, 5.41) is 21.3. The summed E-state index contributed by atoms with van der Waals surface area (Å²) in [6.07, 6.45) is 0. The molecule has 3 aromatic rings. The van der Waals surface area contributed by atoms with Crippen LogP contribution < -0.4 is 19.9 Å². The van der Waals surface area contributed by atoms with Crippen LogP contribution in [0.2, 0.25) is 5.02 Å². The number of esters is 1. The minimum atomic E-state index is -0.690. The molecule has 0 aliphatic carbocycles. The highest BCUT2D eigenvalue weighted by molar-refractivity contribution is 6.30. The van der Waals surface area contributed by atoms with Gasteiger partial charge in [0.15, 0.2) is 6.61 Å². The summed E-state index contributed by atoms with van der Waals surface area (Å²) in [4.78, 5) is 22.9. The van der Waals surface area contributed by atoms with E-state index in [4.69, 9.17) is 31.5 Å². The van der Waals surface area contributed by atoms with Gasteiger partial charge in [0.1, 0.15) is 28.9 Å². The lowest BCUT2D eigenvalue weighted by Crippen LogP contribution is -2.21. The average Bonchev–Trinajstić information content (AvgIpc) is 2.82. The van der Waals surface area contributed by atoms with Gasteiger partial charge in [0.05, 0.1) is 10.8 Å². The molecular formula is C24H16ClN3O6. The summed E-state index contributed by atoms with van der Waals surface area (Å²) in [7, 11) is 0. The first kappa shape index (κ1) is 22.6. The Morgan fingerprint density at radius 1 is 1.15 bits per heavy atom. The van der Waals surface area contributed by atoms with Gasteiger partial charge in [-0.1, -0.05) is 35.9 Å². The van der Waals surface area contributed by atoms with Crippen LogP contribution in [0.15, 0.2) is 78.2 Å². The topological polar surface area (TPSA) is 138 Å². The average molecular weight is 478 g/mol. The van der Waals surface area contributed by atoms with Gasteiger partial charge in [-0.05, 0) is 29.8 Å². The third-order valence-corrected chi connectivity index (χ3v) is 5.22. The SMILES string of the molecule is N#CC1=C(N)Oc2cc(OC(=O)COc3cccc(Cl)c3)ccc2C1c1cccc([N+](=O)[O-])c1. The fraction of sp³-hybridized carbons (Fsp3) is 0.0833. The number of benzene rings is 3. The number of carbonyl (C=O) groups excluding carboxylic acids is 1. The second-order valence-electron chi connectivity index (χ2n) is 7.20. The Bertz CT molecular complexity index is 1360. The number of nitro groups is 1. The van der Waals surface area contributed by atoms with Gasteiger partial charge in [0.2, 0.25) is 5.88 Å². The molecule has 10 heteroatoms. The number of nitrogens with zero attached hydrogens (tertiary/aromatic N) is 2. The van der Waals surface area contributed by atoms with Crippen molar-refractivity contribution in [3.05, 3.63) is 104 Å². The monoisotopic (exact) mass is 477 g/mol. The van der Waals surface area contributed by atoms with Crippen molar-refractivity contribution in [3.8, 4) is 23.3 Å². The highest BCUT2D eigenvalue weighted by Crippen LogP contribution is 2.43. The molecule has 9 nitrogen and oxygen atoms in total. The first-order chi connectivity index (χ1) is 16.4. The molecule has 1 aliphatic rings. The van der Waals surface area contributed by atoms with E-state index < -0.39 is 16.8 Å². The summed E-state index contributed by atoms with van der Waals surface area (Å²) in [5.74, 6) is -0.644. The molecule has 1 heterocycles. The van der Waals surface area contributed by atoms with E-state index in [9.17, 15) is 20.2 Å². The first-order valence-electron chi connectivity index (χ1n) is 9.90. The largest absolute Gasteiger partial charge is 0.482 e. The van der Waals surface area contributed by atoms with E-state index in [1.54, 1.807) is 36.4 Å². The lowest BCUT2D eigenvalue weighted by molar-refractivity contribution is -0.384. The van der Waals surface area contributed by atoms with Gasteiger partial charge in [0.25, 0.3) is 5.69 Å². The van der Waals surface area contributed by atoms with Gasteiger partial charge in [-0.15, -0.1) is 0 Å². The van der Waals surface area contributed by atoms with E-state index >= 15 is 0 Å². The molecule has 2 N–H and O–H groups in total. The van der Waals surface area contributed by atoms with Crippen molar-refractivity contribution < 1.29 is 23.9 Å². The van der Waals surface area contributed by atoms with Crippen LogP contribution in [0.1, 0.15) is 17.0 Å². The Hall–Kier alpha value is -4.55. The summed E-state index contributed by atoms with van der Waals surface area (Å²) in [6, 6.07) is 19.1. The van der Waals surface area contributed by atoms with Crippen molar-refractivity contribution in [1.82, 2.24) is 0 Å². The van der Waals surface area contributed by atoms with Crippen LogP contribution >= 0.6 is 11.6 Å². The third kappa shape index (κ3) is 4.77. The zero-order chi connectivity index (χ0) is 24.2. The lowest BCUT2D eigenvalue weighted by atomic mass is 9.83. The van der Waals surface area contributed by atoms with E-state index in [2.05, 4.69) is 0 Å². The van der Waals surface area contributed by atoms with Crippen molar-refractivity contribution in [2.75, 3.05) is 6.61 Å². The number of allylic oxidation sites excluding steroid dienone is 1. The number of fused-ring (bicyclic) bond motifs is 1. The number of carbonyl (C=O) groups is 1. The minimum absolute atomic E-state index is 0.118. The first-order valence-corrected chi connectivity index (χ1v) is 10.3. The quantitative estimate of drug-likeness (QED) is 0.238. The maximum absolute atomic E-state index is 12.2. The second-order valence-corrected chi connectivity index (χ2v) is 7.63. The number of nitro benzene ring substituents is 1. The Kier molecular flexibility index (Phi) is 6.34. The van der Waals surface area contributed by atoms with E-state index in [0.717, 1.165) is 0 Å². The van der Waals surface area contributed by atoms with Gasteiger partial charge in [-0.3, -0.25) is 10.1 Å². The zero-order valence-corrected chi connectivity index (χ0v) is 18.2. The number of hydrogen-bond acceptors (Lipinski definition) is 8. The number of halogens is 1. The van der Waals surface area contributed by atoms with Crippen molar-refractivity contribution in [2.24, 2.45) is 5.73 Å². The standard InChI is InChI=1S/C24H16ClN3O6/c25-15-4-2-6-17(10-15)32-13-22(29)33-18-7-8-19-21(11-18)34-24(27)20(12-26)23(19)14-3-1-5-16(9-14)28(30)31/h1-11,23H,13,27H2. The number of rotatable bonds is 6. The molecule has 3 aromatic carbocycles. The minimum Gasteiger partial charge on any atom is -0.482 e. The number of nitriles is 1. The second kappa shape index (κ2) is 9.52. The van der Waals surface area contributed by atoms with Crippen molar-refractivity contribution >= 4 is 23.3 Å². The summed E-state index contributed by atoms with van der Waals surface area (Å²) < 4.78 is 16.3. The number of hydrogen-bond donors (Lipinski definition) is 1. The molecule has 0 radical (unpaired) electrons. The van der Waals surface area contributed by atoms with Crippen molar-refractivity contribution in [1.29, 1.82) is 5.26 Å². The van der Waals surface area contributed by atoms with Gasteiger partial charge in [-0.2, -0.15) is 5.26 Å². The van der Waals surface area contributed by atoms with Crippen LogP contribution in [0.3, 0.4) is 0 Å². The molecule has 0 aromatic heterocycles. The van der Waals surface area contributed by atoms with E-state index in [1.807, 2.05) is 6.07 Å². The maximum atomic E-state index is 12.2. The van der Waals surface area contributed by atoms with Crippen LogP contribution in [-0.4, -0.2) is 17.5 Å². The molecule has 0 saturated heterocycles. The van der Waals surface area contributed by atoms with Crippen LogP contribution in [0.25, 0.3) is 0 Å². The fourth-order valence-corrected chi connectivity index (χ4v) is 3.70. The normalized spacial score (nSPS) is 14.4. The Balaban J connectivity index is 1.57. The third-order valence-electron chi connectivity index (χ3n) is 4.99. The van der Waals surface area contributed by atoms with Crippen LogP contribution in [0.5, 0.6) is 17.2 Å². The van der Waals surface area contributed by atoms with E-state index in [0.29, 0.717) is 21.9 Å². The zero-order valence-electron chi connectivity index (χ0n) is 17.4. The van der Waals surface area contributed by atoms with E-state index in [-0.39, 0.29) is 35.2 Å². The summed E-state index contributed by atoms with van der Waals surface area (Å²) in [5.41, 5.74) is 7.01. The molecule has 0 spiro atoms. The van der Waals surface area contributed by atoms with Gasteiger partial charge >= 0.3 is 5.97 Å². The van der Waals surface area contributed by atoms with Gasteiger partial charge < -0.3 is 19.9 Å². The molecule has 0 bridgehead atoms. The Labute approximate surface area is 198 Å². The summed E-state index contributed by atoms with van der Waals surface area (Å²) >= 11 is 5.89. The van der Waals surface area contributed by atoms with Crippen LogP contribution in [0, 0.1) is 21.4 Å². The molecule has 4 rings (SSSR count). The maximum Gasteiger partial charge on any atom is 0.349 e. The predicted molar refractivity (Wildman–Crippen MR) is 121 cm³/mol. The van der Waals surface area contributed by atoms with E-state index in [1.165, 1.54) is 30.3 Å². The number of nitrogens with two attached hydrogens (primary N) is 1. The highest BCUT2D eigenvalue weighted by Gasteiger charge is 2.32. The summed E-state index contributed by atoms with van der Waals surface area (Å²) in [6.45, 7) is -0.352. The van der Waals surface area contributed by atoms with Gasteiger partial charge in [0, 0.05) is 28.8 Å². The fourth-order valence-electron chi connectivity index (χ4n) is 3.52. The highest BCUT2D eigenvalue weighted by atomic mass is 35.5. The smallest absolute Gasteiger partial charge is 0.349 e. The van der Waals surface area contributed by atoms with Gasteiger partial charge in [-0.25, -0.2) is 4.79 Å².